The molecule has 3 unspecified atom stereocenters. The molecule has 1 aliphatic rings. The summed E-state index contributed by atoms with van der Waals surface area (Å²) >= 11 is 0. The molecule has 0 spiro atoms. The molecule has 15 heavy (non-hydrogen) atoms. The number of hydrogen-bond donors (Lipinski definition) is 2. The molecule has 0 aromatic carbocycles. The summed E-state index contributed by atoms with van der Waals surface area (Å²) in [7, 11) is 0. The first-order valence-corrected chi connectivity index (χ1v) is 5.85. The Hall–Kier alpha value is -0.570. The second-order valence-electron chi connectivity index (χ2n) is 5.90. The Morgan fingerprint density at radius 3 is 2.53 bits per heavy atom. The highest BCUT2D eigenvalue weighted by molar-refractivity contribution is 5.79. The third-order valence-electron chi connectivity index (χ3n) is 3.30. The van der Waals surface area contributed by atoms with Crippen LogP contribution in [0.4, 0.5) is 0 Å². The number of amides is 1. The molecule has 3 atom stereocenters. The van der Waals surface area contributed by atoms with Gasteiger partial charge in [0.2, 0.25) is 5.91 Å². The third-order valence-corrected chi connectivity index (χ3v) is 3.30. The largest absolute Gasteiger partial charge is 0.368 e. The van der Waals surface area contributed by atoms with Gasteiger partial charge in [-0.3, -0.25) is 4.79 Å². The second-order valence-corrected chi connectivity index (χ2v) is 5.90. The summed E-state index contributed by atoms with van der Waals surface area (Å²) in [5, 5.41) is 3.33. The Kier molecular flexibility index (Phi) is 3.77. The van der Waals surface area contributed by atoms with Crippen LogP contribution in [0.15, 0.2) is 0 Å². The predicted octanol–water partition coefficient (Wildman–Crippen LogP) is 1.66. The van der Waals surface area contributed by atoms with Gasteiger partial charge in [-0.1, -0.05) is 20.8 Å². The zero-order valence-corrected chi connectivity index (χ0v) is 10.3. The minimum absolute atomic E-state index is 0.212. The van der Waals surface area contributed by atoms with Crippen LogP contribution in [0.3, 0.4) is 0 Å². The van der Waals surface area contributed by atoms with Crippen LogP contribution in [-0.2, 0) is 4.79 Å². The van der Waals surface area contributed by atoms with Crippen LogP contribution in [0.1, 0.15) is 47.0 Å². The number of carbonyl (C=O) groups excluding carboxylic acids is 1. The molecular weight excluding hydrogens is 188 g/mol. The summed E-state index contributed by atoms with van der Waals surface area (Å²) in [6.45, 7) is 8.72. The lowest BCUT2D eigenvalue weighted by molar-refractivity contribution is -0.120. The lowest BCUT2D eigenvalue weighted by Crippen LogP contribution is -2.48. The topological polar surface area (TPSA) is 55.1 Å². The lowest BCUT2D eigenvalue weighted by Gasteiger charge is -2.40. The molecule has 3 N–H and O–H groups in total. The van der Waals surface area contributed by atoms with E-state index in [9.17, 15) is 4.79 Å². The average Bonchev–Trinajstić information content (AvgIpc) is 1.99. The van der Waals surface area contributed by atoms with Crippen LogP contribution in [0.5, 0.6) is 0 Å². The van der Waals surface area contributed by atoms with E-state index < -0.39 is 0 Å². The van der Waals surface area contributed by atoms with E-state index >= 15 is 0 Å². The molecule has 0 aromatic rings. The fraction of sp³-hybridized carbons (Fsp3) is 0.917. The maximum absolute atomic E-state index is 11.0. The molecule has 0 radical (unpaired) electrons. The van der Waals surface area contributed by atoms with Gasteiger partial charge in [-0.2, -0.15) is 0 Å². The summed E-state index contributed by atoms with van der Waals surface area (Å²) in [5.41, 5.74) is 5.64. The minimum Gasteiger partial charge on any atom is -0.368 e. The van der Waals surface area contributed by atoms with Gasteiger partial charge in [0.05, 0.1) is 6.04 Å². The monoisotopic (exact) mass is 212 g/mol. The van der Waals surface area contributed by atoms with Crippen molar-refractivity contribution in [1.29, 1.82) is 0 Å². The third kappa shape index (κ3) is 3.82. The van der Waals surface area contributed by atoms with E-state index in [1.165, 1.54) is 6.42 Å². The van der Waals surface area contributed by atoms with Gasteiger partial charge < -0.3 is 11.1 Å². The van der Waals surface area contributed by atoms with E-state index in [0.717, 1.165) is 18.8 Å². The molecule has 1 amide bonds. The number of primary amides is 1. The molecule has 0 bridgehead atoms. The van der Waals surface area contributed by atoms with Crippen molar-refractivity contribution in [3.05, 3.63) is 0 Å². The number of nitrogens with one attached hydrogen (secondary N) is 1. The SMILES string of the molecule is CC1CC(NC(C)C(N)=O)CC(C)(C)C1. The molecule has 0 aromatic heterocycles. The quantitative estimate of drug-likeness (QED) is 0.747. The first-order valence-electron chi connectivity index (χ1n) is 5.85. The fourth-order valence-corrected chi connectivity index (χ4v) is 2.91. The number of carbonyl (C=O) groups is 1. The van der Waals surface area contributed by atoms with Crippen LogP contribution < -0.4 is 11.1 Å². The minimum atomic E-state index is -0.258. The molecule has 1 rings (SSSR count). The molecule has 88 valence electrons. The smallest absolute Gasteiger partial charge is 0.234 e. The molecule has 3 heteroatoms. The van der Waals surface area contributed by atoms with Crippen LogP contribution in [0.2, 0.25) is 0 Å². The first kappa shape index (κ1) is 12.5. The van der Waals surface area contributed by atoms with E-state index in [4.69, 9.17) is 5.73 Å². The van der Waals surface area contributed by atoms with Crippen molar-refractivity contribution >= 4 is 5.91 Å². The molecule has 1 fully saturated rings. The first-order chi connectivity index (χ1) is 6.80. The van der Waals surface area contributed by atoms with Crippen molar-refractivity contribution in [3.8, 4) is 0 Å². The Balaban J connectivity index is 2.52. The van der Waals surface area contributed by atoms with Gasteiger partial charge in [0.25, 0.3) is 0 Å². The van der Waals surface area contributed by atoms with Crippen LogP contribution in [0, 0.1) is 11.3 Å². The van der Waals surface area contributed by atoms with Crippen LogP contribution >= 0.6 is 0 Å². The highest BCUT2D eigenvalue weighted by Crippen LogP contribution is 2.38. The summed E-state index contributed by atoms with van der Waals surface area (Å²) in [6.07, 6.45) is 3.56. The van der Waals surface area contributed by atoms with Gasteiger partial charge in [-0.25, -0.2) is 0 Å². The maximum Gasteiger partial charge on any atom is 0.234 e. The van der Waals surface area contributed by atoms with Gasteiger partial charge in [0.1, 0.15) is 0 Å². The molecule has 1 aliphatic carbocycles. The van der Waals surface area contributed by atoms with E-state index in [0.29, 0.717) is 11.5 Å². The van der Waals surface area contributed by atoms with Crippen molar-refractivity contribution in [3.63, 3.8) is 0 Å². The van der Waals surface area contributed by atoms with E-state index in [2.05, 4.69) is 26.1 Å². The second kappa shape index (κ2) is 4.52. The summed E-state index contributed by atoms with van der Waals surface area (Å²) < 4.78 is 0. The maximum atomic E-state index is 11.0. The van der Waals surface area contributed by atoms with Crippen molar-refractivity contribution in [1.82, 2.24) is 5.32 Å². The highest BCUT2D eigenvalue weighted by atomic mass is 16.1. The molecular formula is C12H24N2O. The summed E-state index contributed by atoms with van der Waals surface area (Å²) in [5.74, 6) is 0.470. The number of rotatable bonds is 3. The highest BCUT2D eigenvalue weighted by Gasteiger charge is 2.32. The van der Waals surface area contributed by atoms with Crippen molar-refractivity contribution in [2.24, 2.45) is 17.1 Å². The standard InChI is InChI=1S/C12H24N2O/c1-8-5-10(7-12(3,4)6-8)14-9(2)11(13)15/h8-10,14H,5-7H2,1-4H3,(H2,13,15). The van der Waals surface area contributed by atoms with E-state index in [-0.39, 0.29) is 11.9 Å². The fourth-order valence-electron chi connectivity index (χ4n) is 2.91. The Morgan fingerprint density at radius 2 is 2.07 bits per heavy atom. The zero-order valence-electron chi connectivity index (χ0n) is 10.3. The van der Waals surface area contributed by atoms with Gasteiger partial charge in [0, 0.05) is 6.04 Å². The average molecular weight is 212 g/mol. The van der Waals surface area contributed by atoms with E-state index in [1.54, 1.807) is 0 Å². The molecule has 0 heterocycles. The Morgan fingerprint density at radius 1 is 1.47 bits per heavy atom. The normalized spacial score (nSPS) is 32.3. The Bertz CT molecular complexity index is 238. The molecule has 3 nitrogen and oxygen atoms in total. The zero-order chi connectivity index (χ0) is 11.6. The van der Waals surface area contributed by atoms with Gasteiger partial charge >= 0.3 is 0 Å². The van der Waals surface area contributed by atoms with Crippen molar-refractivity contribution in [2.45, 2.75) is 59.0 Å². The molecule has 0 saturated heterocycles. The predicted molar refractivity (Wildman–Crippen MR) is 62.4 cm³/mol. The summed E-state index contributed by atoms with van der Waals surface area (Å²) in [6, 6.07) is 0.224. The number of nitrogens with two attached hydrogens (primary N) is 1. The lowest BCUT2D eigenvalue weighted by atomic mass is 9.70. The van der Waals surface area contributed by atoms with Gasteiger partial charge in [0.15, 0.2) is 0 Å². The summed E-state index contributed by atoms with van der Waals surface area (Å²) in [4.78, 5) is 11.0. The van der Waals surface area contributed by atoms with Crippen molar-refractivity contribution < 1.29 is 4.79 Å². The van der Waals surface area contributed by atoms with Gasteiger partial charge in [-0.15, -0.1) is 0 Å². The molecule has 1 saturated carbocycles. The van der Waals surface area contributed by atoms with Crippen LogP contribution in [-0.4, -0.2) is 18.0 Å². The van der Waals surface area contributed by atoms with Crippen molar-refractivity contribution in [2.75, 3.05) is 0 Å². The van der Waals surface area contributed by atoms with E-state index in [1.807, 2.05) is 6.92 Å². The molecule has 0 aliphatic heterocycles. The van der Waals surface area contributed by atoms with Crippen LogP contribution in [0.25, 0.3) is 0 Å². The van der Waals surface area contributed by atoms with Gasteiger partial charge in [-0.05, 0) is 37.5 Å². The Labute approximate surface area is 92.8 Å². The number of hydrogen-bond acceptors (Lipinski definition) is 2.